The van der Waals surface area contributed by atoms with Gasteiger partial charge in [-0.2, -0.15) is 0 Å². The highest BCUT2D eigenvalue weighted by Gasteiger charge is 2.28. The molecule has 1 saturated carbocycles. The number of rotatable bonds is 17. The van der Waals surface area contributed by atoms with Crippen molar-refractivity contribution >= 4 is 39.3 Å². The van der Waals surface area contributed by atoms with Crippen LogP contribution in [-0.2, 0) is 27.2 Å². The van der Waals surface area contributed by atoms with Crippen molar-refractivity contribution in [3.63, 3.8) is 0 Å². The minimum Gasteiger partial charge on any atom is -0.354 e. The molecule has 42 heavy (non-hydrogen) atoms. The second-order valence-electron chi connectivity index (χ2n) is 11.5. The lowest BCUT2D eigenvalue weighted by atomic mass is 9.79. The molecule has 1 heterocycles. The smallest absolute Gasteiger partial charge is 0.247 e. The minimum absolute atomic E-state index is 0.112. The monoisotopic (exact) mass is 597 g/mol. The van der Waals surface area contributed by atoms with Gasteiger partial charge in [0.25, 0.3) is 0 Å². The maximum atomic E-state index is 13.6. The largest absolute Gasteiger partial charge is 0.354 e. The Bertz CT molecular complexity index is 1190. The Hall–Kier alpha value is -2.78. The van der Waals surface area contributed by atoms with Crippen molar-refractivity contribution in [3.05, 3.63) is 40.9 Å². The van der Waals surface area contributed by atoms with Crippen molar-refractivity contribution in [2.75, 3.05) is 32.7 Å². The molecule has 3 amide bonds. The van der Waals surface area contributed by atoms with E-state index in [1.165, 1.54) is 24.8 Å². The van der Waals surface area contributed by atoms with Crippen LogP contribution in [0.3, 0.4) is 0 Å². The number of hydrogen-bond donors (Lipinski definition) is 3. The lowest BCUT2D eigenvalue weighted by Gasteiger charge is -2.31. The fourth-order valence-corrected chi connectivity index (χ4v) is 6.78. The third kappa shape index (κ3) is 10.2. The number of carbonyl (C=O) groups is 3. The fourth-order valence-electron chi connectivity index (χ4n) is 5.71. The van der Waals surface area contributed by atoms with E-state index in [4.69, 9.17) is 4.98 Å². The molecule has 1 aliphatic rings. The second-order valence-corrected chi connectivity index (χ2v) is 12.6. The third-order valence-electron chi connectivity index (χ3n) is 8.42. The van der Waals surface area contributed by atoms with Crippen LogP contribution in [0.4, 0.5) is 0 Å². The summed E-state index contributed by atoms with van der Waals surface area (Å²) in [5, 5.41) is 10.0. The molecule has 232 valence electrons. The van der Waals surface area contributed by atoms with E-state index in [9.17, 15) is 14.4 Å². The van der Waals surface area contributed by atoms with E-state index in [-0.39, 0.29) is 23.6 Å². The van der Waals surface area contributed by atoms with E-state index in [0.717, 1.165) is 47.6 Å². The van der Waals surface area contributed by atoms with Gasteiger partial charge in [0.1, 0.15) is 6.04 Å². The zero-order chi connectivity index (χ0) is 30.5. The summed E-state index contributed by atoms with van der Waals surface area (Å²) in [6.45, 7) is 15.5. The van der Waals surface area contributed by atoms with Gasteiger partial charge in [-0.25, -0.2) is 4.98 Å². The third-order valence-corrected chi connectivity index (χ3v) is 9.46. The van der Waals surface area contributed by atoms with E-state index in [1.807, 2.05) is 13.0 Å². The van der Waals surface area contributed by atoms with Gasteiger partial charge < -0.3 is 16.0 Å². The number of carbonyl (C=O) groups excluding carboxylic acids is 3. The molecule has 2 aromatic rings. The fraction of sp³-hybridized carbons (Fsp3) is 0.636. The van der Waals surface area contributed by atoms with E-state index in [1.54, 1.807) is 11.3 Å². The van der Waals surface area contributed by atoms with Crippen molar-refractivity contribution in [2.45, 2.75) is 91.5 Å². The molecular weight excluding hydrogens is 546 g/mol. The molecule has 1 unspecified atom stereocenters. The summed E-state index contributed by atoms with van der Waals surface area (Å²) < 4.78 is 1.10. The van der Waals surface area contributed by atoms with Gasteiger partial charge in [0.2, 0.25) is 17.7 Å². The zero-order valence-corrected chi connectivity index (χ0v) is 26.9. The number of nitrogens with one attached hydrogen (secondary N) is 3. The molecule has 3 N–H and O–H groups in total. The summed E-state index contributed by atoms with van der Waals surface area (Å²) in [6, 6.07) is 5.56. The molecule has 0 aliphatic heterocycles. The standard InChI is InChI=1S/C33H51N5O3S/c1-6-13-30(39)36-28(19-31-37-27-17-16-24(7-2)18-29(27)42-31)33(41)35-21-26(25-14-11-10-12-15-25)20-34-32(40)23(5)22-38(8-3)9-4/h16-18,25-26,28H,5-15,19-22H2,1-4H3,(H,34,40)(H,35,41)(H,36,39)/t26?,28-/m0/s1. The van der Waals surface area contributed by atoms with Crippen molar-refractivity contribution < 1.29 is 14.4 Å². The van der Waals surface area contributed by atoms with Crippen LogP contribution in [0.1, 0.15) is 83.2 Å². The highest BCUT2D eigenvalue weighted by Crippen LogP contribution is 2.30. The summed E-state index contributed by atoms with van der Waals surface area (Å²) in [5.41, 5.74) is 2.73. The van der Waals surface area contributed by atoms with Crippen LogP contribution in [-0.4, -0.2) is 66.4 Å². The number of nitrogens with zero attached hydrogens (tertiary/aromatic N) is 2. The molecule has 9 heteroatoms. The molecule has 1 aromatic heterocycles. The van der Waals surface area contributed by atoms with Crippen LogP contribution < -0.4 is 16.0 Å². The number of aromatic nitrogens is 1. The van der Waals surface area contributed by atoms with Gasteiger partial charge in [0.15, 0.2) is 0 Å². The highest BCUT2D eigenvalue weighted by atomic mass is 32.1. The van der Waals surface area contributed by atoms with E-state index in [2.05, 4.69) is 60.3 Å². The molecule has 0 spiro atoms. The first-order chi connectivity index (χ1) is 20.3. The lowest BCUT2D eigenvalue weighted by molar-refractivity contribution is -0.129. The number of hydrogen-bond acceptors (Lipinski definition) is 6. The van der Waals surface area contributed by atoms with Crippen molar-refractivity contribution in [3.8, 4) is 0 Å². The Morgan fingerprint density at radius 3 is 2.43 bits per heavy atom. The molecule has 3 rings (SSSR count). The quantitative estimate of drug-likeness (QED) is 0.223. The van der Waals surface area contributed by atoms with Gasteiger partial charge in [0.05, 0.1) is 15.2 Å². The van der Waals surface area contributed by atoms with Crippen LogP contribution in [0, 0.1) is 11.8 Å². The van der Waals surface area contributed by atoms with Crippen LogP contribution in [0.15, 0.2) is 30.4 Å². The van der Waals surface area contributed by atoms with Crippen molar-refractivity contribution in [1.29, 1.82) is 0 Å². The molecule has 8 nitrogen and oxygen atoms in total. The normalized spacial score (nSPS) is 15.4. The number of benzene rings is 1. The van der Waals surface area contributed by atoms with Gasteiger partial charge >= 0.3 is 0 Å². The highest BCUT2D eigenvalue weighted by molar-refractivity contribution is 7.18. The summed E-state index contributed by atoms with van der Waals surface area (Å²) >= 11 is 1.58. The van der Waals surface area contributed by atoms with Crippen LogP contribution >= 0.6 is 11.3 Å². The van der Waals surface area contributed by atoms with Gasteiger partial charge in [-0.3, -0.25) is 19.3 Å². The van der Waals surface area contributed by atoms with E-state index >= 15 is 0 Å². The van der Waals surface area contributed by atoms with Gasteiger partial charge in [-0.05, 0) is 55.5 Å². The second kappa shape index (κ2) is 17.4. The number of fused-ring (bicyclic) bond motifs is 1. The molecule has 0 saturated heterocycles. The molecule has 0 radical (unpaired) electrons. The van der Waals surface area contributed by atoms with Gasteiger partial charge in [-0.1, -0.05) is 72.4 Å². The number of thiazole rings is 1. The molecule has 2 atom stereocenters. The number of aryl methyl sites for hydroxylation is 1. The molecule has 1 aromatic carbocycles. The first kappa shape index (κ1) is 33.7. The first-order valence-corrected chi connectivity index (χ1v) is 16.7. The molecule has 1 aliphatic carbocycles. The Labute approximate surface area is 256 Å². The Kier molecular flexibility index (Phi) is 13.9. The summed E-state index contributed by atoms with van der Waals surface area (Å²) in [7, 11) is 0. The lowest BCUT2D eigenvalue weighted by Crippen LogP contribution is -2.50. The summed E-state index contributed by atoms with van der Waals surface area (Å²) in [6.07, 6.45) is 8.15. The average Bonchev–Trinajstić information content (AvgIpc) is 3.41. The Balaban J connectivity index is 1.68. The minimum atomic E-state index is -0.703. The predicted octanol–water partition coefficient (Wildman–Crippen LogP) is 5.01. The maximum Gasteiger partial charge on any atom is 0.247 e. The molecule has 0 bridgehead atoms. The number of amides is 3. The van der Waals surface area contributed by atoms with E-state index in [0.29, 0.717) is 50.4 Å². The van der Waals surface area contributed by atoms with Crippen molar-refractivity contribution in [1.82, 2.24) is 25.8 Å². The van der Waals surface area contributed by atoms with Crippen LogP contribution in [0.5, 0.6) is 0 Å². The van der Waals surface area contributed by atoms with Crippen LogP contribution in [0.25, 0.3) is 10.2 Å². The molecule has 1 fully saturated rings. The van der Waals surface area contributed by atoms with Gasteiger partial charge in [0, 0.05) is 38.0 Å². The SMILES string of the molecule is C=C(CN(CC)CC)C(=O)NCC(CNC(=O)[C@H](Cc1nc2ccc(CC)cc2s1)NC(=O)CCC)C1CCCCC1. The summed E-state index contributed by atoms with van der Waals surface area (Å²) in [5.74, 6) is 0.0867. The predicted molar refractivity (Wildman–Crippen MR) is 173 cm³/mol. The van der Waals surface area contributed by atoms with E-state index < -0.39 is 6.04 Å². The maximum absolute atomic E-state index is 13.6. The zero-order valence-electron chi connectivity index (χ0n) is 26.1. The van der Waals surface area contributed by atoms with Crippen molar-refractivity contribution in [2.24, 2.45) is 11.8 Å². The number of likely N-dealkylation sites (N-methyl/N-ethyl adjacent to an activating group) is 1. The average molecular weight is 598 g/mol. The van der Waals surface area contributed by atoms with Crippen LogP contribution in [0.2, 0.25) is 0 Å². The summed E-state index contributed by atoms with van der Waals surface area (Å²) in [4.78, 5) is 45.9. The first-order valence-electron chi connectivity index (χ1n) is 15.9. The van der Waals surface area contributed by atoms with Gasteiger partial charge in [-0.15, -0.1) is 11.3 Å². The molecular formula is C33H51N5O3S. The Morgan fingerprint density at radius 2 is 1.76 bits per heavy atom. The Morgan fingerprint density at radius 1 is 1.05 bits per heavy atom. The topological polar surface area (TPSA) is 103 Å².